The first kappa shape index (κ1) is 12.8. The van der Waals surface area contributed by atoms with E-state index in [9.17, 15) is 5.11 Å². The fraction of sp³-hybridized carbons (Fsp3) is 0.538. The Morgan fingerprint density at radius 3 is 2.31 bits per heavy atom. The number of aromatic hydroxyl groups is 1. The molecule has 16 heavy (non-hydrogen) atoms. The van der Waals surface area contributed by atoms with Crippen LogP contribution in [0.4, 0.5) is 0 Å². The van der Waals surface area contributed by atoms with Crippen molar-refractivity contribution in [3.05, 3.63) is 23.3 Å². The summed E-state index contributed by atoms with van der Waals surface area (Å²) in [6.45, 7) is 6.29. The zero-order valence-electron chi connectivity index (χ0n) is 10.4. The Hall–Kier alpha value is -1.22. The molecule has 0 bridgehead atoms. The Labute approximate surface area is 96.7 Å². The number of phenolic OH excluding ortho intramolecular Hbond substituents is 1. The monoisotopic (exact) mass is 224 g/mol. The predicted octanol–water partition coefficient (Wildman–Crippen LogP) is 2.23. The fourth-order valence-electron chi connectivity index (χ4n) is 1.65. The molecule has 0 aromatic heterocycles. The lowest BCUT2D eigenvalue weighted by molar-refractivity contribution is 0.295. The lowest BCUT2D eigenvalue weighted by atomic mass is 9.85. The number of phenols is 1. The first-order chi connectivity index (χ1) is 7.40. The predicted molar refractivity (Wildman–Crippen MR) is 64.1 cm³/mol. The Bertz CT molecular complexity index is 364. The first-order valence-electron chi connectivity index (χ1n) is 5.41. The second-order valence-electron chi connectivity index (χ2n) is 4.91. The van der Waals surface area contributed by atoms with Crippen LogP contribution in [0.15, 0.2) is 12.1 Å². The number of methoxy groups -OCH3 is 1. The van der Waals surface area contributed by atoms with Crippen LogP contribution >= 0.6 is 0 Å². The van der Waals surface area contributed by atoms with Crippen LogP contribution in [0.5, 0.6) is 11.5 Å². The molecule has 0 radical (unpaired) electrons. The van der Waals surface area contributed by atoms with Gasteiger partial charge in [0.15, 0.2) is 11.5 Å². The minimum absolute atomic E-state index is 0.0338. The molecule has 1 aromatic rings. The van der Waals surface area contributed by atoms with Crippen LogP contribution < -0.4 is 4.74 Å². The van der Waals surface area contributed by atoms with Gasteiger partial charge in [0.25, 0.3) is 0 Å². The van der Waals surface area contributed by atoms with Crippen molar-refractivity contribution in [2.75, 3.05) is 13.7 Å². The lowest BCUT2D eigenvalue weighted by Crippen LogP contribution is -2.12. The summed E-state index contributed by atoms with van der Waals surface area (Å²) in [5, 5.41) is 18.8. The van der Waals surface area contributed by atoms with Gasteiger partial charge in [0, 0.05) is 12.2 Å². The highest BCUT2D eigenvalue weighted by Crippen LogP contribution is 2.36. The summed E-state index contributed by atoms with van der Waals surface area (Å²) in [6.07, 6.45) is 0.487. The molecule has 0 aliphatic rings. The van der Waals surface area contributed by atoms with Gasteiger partial charge in [-0.1, -0.05) is 26.8 Å². The van der Waals surface area contributed by atoms with Gasteiger partial charge in [0.1, 0.15) is 0 Å². The number of ether oxygens (including phenoxy) is 1. The minimum atomic E-state index is -0.0338. The van der Waals surface area contributed by atoms with Crippen molar-refractivity contribution in [3.63, 3.8) is 0 Å². The summed E-state index contributed by atoms with van der Waals surface area (Å²) in [4.78, 5) is 0. The molecular weight excluding hydrogens is 204 g/mol. The highest BCUT2D eigenvalue weighted by molar-refractivity contribution is 5.50. The van der Waals surface area contributed by atoms with Gasteiger partial charge in [0.2, 0.25) is 0 Å². The second-order valence-corrected chi connectivity index (χ2v) is 4.91. The zero-order chi connectivity index (χ0) is 12.3. The lowest BCUT2D eigenvalue weighted by Gasteiger charge is -2.21. The number of rotatable bonds is 3. The Morgan fingerprint density at radius 1 is 1.25 bits per heavy atom. The zero-order valence-corrected chi connectivity index (χ0v) is 10.4. The van der Waals surface area contributed by atoms with Crippen molar-refractivity contribution >= 4 is 0 Å². The molecule has 0 spiro atoms. The van der Waals surface area contributed by atoms with Gasteiger partial charge in [-0.3, -0.25) is 0 Å². The Morgan fingerprint density at radius 2 is 1.88 bits per heavy atom. The molecule has 3 heteroatoms. The Balaban J connectivity index is 3.28. The molecular formula is C13H20O3. The maximum atomic E-state index is 9.86. The second kappa shape index (κ2) is 4.74. The minimum Gasteiger partial charge on any atom is -0.504 e. The van der Waals surface area contributed by atoms with Gasteiger partial charge in [-0.25, -0.2) is 0 Å². The van der Waals surface area contributed by atoms with Gasteiger partial charge in [-0.15, -0.1) is 0 Å². The van der Waals surface area contributed by atoms with Crippen molar-refractivity contribution in [2.45, 2.75) is 32.6 Å². The van der Waals surface area contributed by atoms with E-state index in [1.807, 2.05) is 6.07 Å². The SMILES string of the molecule is COc1c(O)cc(C(C)(C)C)cc1CCO. The number of hydrogen-bond acceptors (Lipinski definition) is 3. The molecule has 0 unspecified atom stereocenters. The molecule has 0 saturated heterocycles. The average molecular weight is 224 g/mol. The van der Waals surface area contributed by atoms with Crippen LogP contribution in [0, 0.1) is 0 Å². The maximum absolute atomic E-state index is 9.86. The van der Waals surface area contributed by atoms with Gasteiger partial charge in [-0.2, -0.15) is 0 Å². The summed E-state index contributed by atoms with van der Waals surface area (Å²) in [6, 6.07) is 3.70. The molecule has 0 aliphatic carbocycles. The van der Waals surface area contributed by atoms with E-state index in [0.29, 0.717) is 12.2 Å². The molecule has 90 valence electrons. The summed E-state index contributed by atoms with van der Waals surface area (Å²) in [5.74, 6) is 0.598. The molecule has 0 saturated carbocycles. The first-order valence-corrected chi connectivity index (χ1v) is 5.41. The third kappa shape index (κ3) is 2.67. The highest BCUT2D eigenvalue weighted by atomic mass is 16.5. The summed E-state index contributed by atoms with van der Waals surface area (Å²) >= 11 is 0. The van der Waals surface area contributed by atoms with Crippen molar-refractivity contribution in [1.29, 1.82) is 0 Å². The van der Waals surface area contributed by atoms with Gasteiger partial charge in [-0.05, 0) is 23.5 Å². The molecule has 3 nitrogen and oxygen atoms in total. The van der Waals surface area contributed by atoms with Crippen molar-refractivity contribution in [2.24, 2.45) is 0 Å². The molecule has 1 aromatic carbocycles. The van der Waals surface area contributed by atoms with Gasteiger partial charge < -0.3 is 14.9 Å². The van der Waals surface area contributed by atoms with Crippen LogP contribution in [-0.4, -0.2) is 23.9 Å². The molecule has 0 aliphatic heterocycles. The van der Waals surface area contributed by atoms with Crippen LogP contribution in [-0.2, 0) is 11.8 Å². The molecule has 0 heterocycles. The quantitative estimate of drug-likeness (QED) is 0.827. The molecule has 0 atom stereocenters. The van der Waals surface area contributed by atoms with Crippen LogP contribution in [0.2, 0.25) is 0 Å². The largest absolute Gasteiger partial charge is 0.504 e. The molecule has 1 rings (SSSR count). The van der Waals surface area contributed by atoms with Crippen molar-refractivity contribution in [3.8, 4) is 11.5 Å². The van der Waals surface area contributed by atoms with E-state index in [-0.39, 0.29) is 17.8 Å². The fourth-order valence-corrected chi connectivity index (χ4v) is 1.65. The van der Waals surface area contributed by atoms with Crippen LogP contribution in [0.25, 0.3) is 0 Å². The van der Waals surface area contributed by atoms with Crippen LogP contribution in [0.1, 0.15) is 31.9 Å². The van der Waals surface area contributed by atoms with Crippen molar-refractivity contribution < 1.29 is 14.9 Å². The third-order valence-electron chi connectivity index (χ3n) is 2.60. The van der Waals surface area contributed by atoms with Crippen molar-refractivity contribution in [1.82, 2.24) is 0 Å². The van der Waals surface area contributed by atoms with E-state index in [1.54, 1.807) is 6.07 Å². The number of aliphatic hydroxyl groups is 1. The van der Waals surface area contributed by atoms with E-state index in [0.717, 1.165) is 11.1 Å². The normalized spacial score (nSPS) is 11.6. The average Bonchev–Trinajstić information content (AvgIpc) is 2.16. The van der Waals surface area contributed by atoms with E-state index in [1.165, 1.54) is 7.11 Å². The molecule has 0 amide bonds. The van der Waals surface area contributed by atoms with Crippen LogP contribution in [0.3, 0.4) is 0 Å². The van der Waals surface area contributed by atoms with E-state index < -0.39 is 0 Å². The maximum Gasteiger partial charge on any atom is 0.163 e. The molecule has 0 fully saturated rings. The summed E-state index contributed by atoms with van der Waals surface area (Å²) in [5.41, 5.74) is 1.85. The number of aliphatic hydroxyl groups excluding tert-OH is 1. The third-order valence-corrected chi connectivity index (χ3v) is 2.60. The topological polar surface area (TPSA) is 49.7 Å². The van der Waals surface area contributed by atoms with E-state index in [2.05, 4.69) is 20.8 Å². The van der Waals surface area contributed by atoms with Gasteiger partial charge in [0.05, 0.1) is 7.11 Å². The summed E-state index contributed by atoms with van der Waals surface area (Å²) < 4.78 is 5.14. The standard InChI is InChI=1S/C13H20O3/c1-13(2,3)10-7-9(5-6-14)12(16-4)11(15)8-10/h7-8,14-15H,5-6H2,1-4H3. The highest BCUT2D eigenvalue weighted by Gasteiger charge is 2.18. The van der Waals surface area contributed by atoms with Gasteiger partial charge >= 0.3 is 0 Å². The smallest absolute Gasteiger partial charge is 0.163 e. The number of benzene rings is 1. The van der Waals surface area contributed by atoms with E-state index in [4.69, 9.17) is 9.84 Å². The summed E-state index contributed by atoms with van der Waals surface area (Å²) in [7, 11) is 1.52. The number of hydrogen-bond donors (Lipinski definition) is 2. The van der Waals surface area contributed by atoms with E-state index >= 15 is 0 Å². The molecule has 2 N–H and O–H groups in total. The Kier molecular flexibility index (Phi) is 3.81.